The van der Waals surface area contributed by atoms with Gasteiger partial charge in [-0.25, -0.2) is 0 Å². The first-order valence-corrected chi connectivity index (χ1v) is 7.17. The van der Waals surface area contributed by atoms with E-state index in [-0.39, 0.29) is 0 Å². The summed E-state index contributed by atoms with van der Waals surface area (Å²) in [5.74, 6) is 0.113. The summed E-state index contributed by atoms with van der Waals surface area (Å²) in [6.07, 6.45) is 3.61. The molecule has 20 heavy (non-hydrogen) atoms. The predicted octanol–water partition coefficient (Wildman–Crippen LogP) is 2.57. The highest BCUT2D eigenvalue weighted by atomic mass is 16.5. The Bertz CT molecular complexity index is 451. The highest BCUT2D eigenvalue weighted by Crippen LogP contribution is 2.27. The number of benzene rings is 1. The Morgan fingerprint density at radius 1 is 1.30 bits per heavy atom. The molecule has 0 spiro atoms. The summed E-state index contributed by atoms with van der Waals surface area (Å²) in [5.41, 5.74) is 0.397. The molecular formula is C16H23NO3. The van der Waals surface area contributed by atoms with E-state index in [0.29, 0.717) is 6.42 Å². The molecule has 1 aliphatic heterocycles. The SMILES string of the molecule is COc1ccc(CCC(C)(C(=O)O)N2CCCC2)cc1. The lowest BCUT2D eigenvalue weighted by Crippen LogP contribution is -2.51. The van der Waals surface area contributed by atoms with Crippen molar-refractivity contribution in [3.05, 3.63) is 29.8 Å². The second-order valence-corrected chi connectivity index (χ2v) is 5.62. The lowest BCUT2D eigenvalue weighted by Gasteiger charge is -2.35. The van der Waals surface area contributed by atoms with Gasteiger partial charge in [0.15, 0.2) is 0 Å². The van der Waals surface area contributed by atoms with Crippen molar-refractivity contribution in [1.82, 2.24) is 4.90 Å². The minimum Gasteiger partial charge on any atom is -0.497 e. The number of carboxylic acids is 1. The third-order valence-electron chi connectivity index (χ3n) is 4.32. The molecule has 1 fully saturated rings. The largest absolute Gasteiger partial charge is 0.497 e. The van der Waals surface area contributed by atoms with Gasteiger partial charge in [0.25, 0.3) is 0 Å². The molecule has 1 heterocycles. The summed E-state index contributed by atoms with van der Waals surface area (Å²) in [4.78, 5) is 13.8. The number of aryl methyl sites for hydroxylation is 1. The van der Waals surface area contributed by atoms with E-state index in [1.54, 1.807) is 7.11 Å². The second kappa shape index (κ2) is 6.27. The van der Waals surface area contributed by atoms with Gasteiger partial charge in [-0.15, -0.1) is 0 Å². The molecule has 4 heteroatoms. The fourth-order valence-corrected chi connectivity index (χ4v) is 2.79. The van der Waals surface area contributed by atoms with Crippen LogP contribution >= 0.6 is 0 Å². The maximum Gasteiger partial charge on any atom is 0.323 e. The van der Waals surface area contributed by atoms with Crippen molar-refractivity contribution in [2.45, 2.75) is 38.1 Å². The number of rotatable bonds is 6. The van der Waals surface area contributed by atoms with Crippen molar-refractivity contribution >= 4 is 5.97 Å². The minimum atomic E-state index is -0.754. The third-order valence-corrected chi connectivity index (χ3v) is 4.32. The maximum atomic E-state index is 11.7. The predicted molar refractivity (Wildman–Crippen MR) is 78.2 cm³/mol. The van der Waals surface area contributed by atoms with Crippen molar-refractivity contribution in [3.8, 4) is 5.75 Å². The van der Waals surface area contributed by atoms with E-state index >= 15 is 0 Å². The lowest BCUT2D eigenvalue weighted by atomic mass is 9.91. The van der Waals surface area contributed by atoms with Gasteiger partial charge in [0.05, 0.1) is 7.11 Å². The molecule has 1 aromatic carbocycles. The zero-order valence-electron chi connectivity index (χ0n) is 12.3. The summed E-state index contributed by atoms with van der Waals surface area (Å²) in [7, 11) is 1.64. The van der Waals surface area contributed by atoms with E-state index in [9.17, 15) is 9.90 Å². The van der Waals surface area contributed by atoms with E-state index in [2.05, 4.69) is 4.90 Å². The topological polar surface area (TPSA) is 49.8 Å². The lowest BCUT2D eigenvalue weighted by molar-refractivity contribution is -0.150. The molecule has 0 bridgehead atoms. The zero-order valence-corrected chi connectivity index (χ0v) is 12.3. The monoisotopic (exact) mass is 277 g/mol. The third kappa shape index (κ3) is 3.12. The molecular weight excluding hydrogens is 254 g/mol. The fourth-order valence-electron chi connectivity index (χ4n) is 2.79. The molecule has 0 radical (unpaired) electrons. The van der Waals surface area contributed by atoms with Crippen molar-refractivity contribution < 1.29 is 14.6 Å². The molecule has 0 saturated carbocycles. The van der Waals surface area contributed by atoms with Crippen LogP contribution in [0.3, 0.4) is 0 Å². The molecule has 4 nitrogen and oxygen atoms in total. The Labute approximate surface area is 120 Å². The summed E-state index contributed by atoms with van der Waals surface area (Å²) in [5, 5.41) is 9.59. The van der Waals surface area contributed by atoms with E-state index < -0.39 is 11.5 Å². The van der Waals surface area contributed by atoms with Gasteiger partial charge >= 0.3 is 5.97 Å². The molecule has 0 aliphatic carbocycles. The quantitative estimate of drug-likeness (QED) is 0.868. The molecule has 1 N–H and O–H groups in total. The number of carbonyl (C=O) groups is 1. The molecule has 1 atom stereocenters. The molecule has 2 rings (SSSR count). The van der Waals surface area contributed by atoms with Gasteiger partial charge in [0, 0.05) is 0 Å². The van der Waals surface area contributed by atoms with Crippen LogP contribution in [-0.4, -0.2) is 41.7 Å². The first kappa shape index (κ1) is 14.9. The summed E-state index contributed by atoms with van der Waals surface area (Å²) in [6, 6.07) is 7.85. The number of likely N-dealkylation sites (tertiary alicyclic amines) is 1. The van der Waals surface area contributed by atoms with Crippen LogP contribution < -0.4 is 4.74 Å². The molecule has 1 unspecified atom stereocenters. The van der Waals surface area contributed by atoms with E-state index in [4.69, 9.17) is 4.74 Å². The average Bonchev–Trinajstić information content (AvgIpc) is 2.99. The van der Waals surface area contributed by atoms with Gasteiger partial charge < -0.3 is 9.84 Å². The van der Waals surface area contributed by atoms with E-state index in [0.717, 1.165) is 43.7 Å². The smallest absolute Gasteiger partial charge is 0.323 e. The van der Waals surface area contributed by atoms with Gasteiger partial charge in [-0.3, -0.25) is 9.69 Å². The number of hydrogen-bond acceptors (Lipinski definition) is 3. The number of hydrogen-bond donors (Lipinski definition) is 1. The molecule has 1 aliphatic rings. The molecule has 0 aromatic heterocycles. The van der Waals surface area contributed by atoms with Crippen LogP contribution in [0.15, 0.2) is 24.3 Å². The van der Waals surface area contributed by atoms with Crippen LogP contribution in [0.4, 0.5) is 0 Å². The van der Waals surface area contributed by atoms with Gasteiger partial charge in [-0.1, -0.05) is 12.1 Å². The molecule has 0 amide bonds. The Morgan fingerprint density at radius 3 is 2.40 bits per heavy atom. The Balaban J connectivity index is 2.02. The van der Waals surface area contributed by atoms with Crippen molar-refractivity contribution in [3.63, 3.8) is 0 Å². The summed E-state index contributed by atoms with van der Waals surface area (Å²) >= 11 is 0. The zero-order chi connectivity index (χ0) is 14.6. The molecule has 110 valence electrons. The Morgan fingerprint density at radius 2 is 1.90 bits per heavy atom. The van der Waals surface area contributed by atoms with Crippen LogP contribution in [0.1, 0.15) is 31.7 Å². The maximum absolute atomic E-state index is 11.7. The highest BCUT2D eigenvalue weighted by Gasteiger charge is 2.40. The van der Waals surface area contributed by atoms with Gasteiger partial charge in [0.1, 0.15) is 11.3 Å². The summed E-state index contributed by atoms with van der Waals surface area (Å²) in [6.45, 7) is 3.64. The van der Waals surface area contributed by atoms with Crippen LogP contribution in [0.5, 0.6) is 5.75 Å². The van der Waals surface area contributed by atoms with E-state index in [1.165, 1.54) is 0 Å². The van der Waals surface area contributed by atoms with Crippen LogP contribution in [0.2, 0.25) is 0 Å². The van der Waals surface area contributed by atoms with Crippen molar-refractivity contribution in [2.75, 3.05) is 20.2 Å². The highest BCUT2D eigenvalue weighted by molar-refractivity contribution is 5.78. The number of nitrogens with zero attached hydrogens (tertiary/aromatic N) is 1. The average molecular weight is 277 g/mol. The fraction of sp³-hybridized carbons (Fsp3) is 0.562. The normalized spacial score (nSPS) is 18.7. The van der Waals surface area contributed by atoms with Crippen LogP contribution in [0, 0.1) is 0 Å². The van der Waals surface area contributed by atoms with Crippen LogP contribution in [0.25, 0.3) is 0 Å². The standard InChI is InChI=1S/C16H23NO3/c1-16(15(18)19,17-11-3-4-12-17)10-9-13-5-7-14(20-2)8-6-13/h5-8H,3-4,9-12H2,1-2H3,(H,18,19). The van der Waals surface area contributed by atoms with Crippen molar-refractivity contribution in [1.29, 1.82) is 0 Å². The first-order chi connectivity index (χ1) is 9.56. The van der Waals surface area contributed by atoms with E-state index in [1.807, 2.05) is 31.2 Å². The Hall–Kier alpha value is -1.55. The van der Waals surface area contributed by atoms with Crippen LogP contribution in [-0.2, 0) is 11.2 Å². The number of methoxy groups -OCH3 is 1. The molecule has 1 saturated heterocycles. The second-order valence-electron chi connectivity index (χ2n) is 5.62. The summed E-state index contributed by atoms with van der Waals surface area (Å²) < 4.78 is 5.13. The Kier molecular flexibility index (Phi) is 4.65. The molecule has 1 aromatic rings. The number of aliphatic carboxylic acids is 1. The van der Waals surface area contributed by atoms with Gasteiger partial charge in [-0.2, -0.15) is 0 Å². The van der Waals surface area contributed by atoms with Crippen molar-refractivity contribution in [2.24, 2.45) is 0 Å². The number of ether oxygens (including phenoxy) is 1. The van der Waals surface area contributed by atoms with Gasteiger partial charge in [-0.05, 0) is 63.4 Å². The van der Waals surface area contributed by atoms with Gasteiger partial charge in [0.2, 0.25) is 0 Å². The minimum absolute atomic E-state index is 0.634. The first-order valence-electron chi connectivity index (χ1n) is 7.17. The number of carboxylic acid groups (broad SMARTS) is 1.